The highest BCUT2D eigenvalue weighted by Crippen LogP contribution is 2.22. The maximum atomic E-state index is 4.37. The molecule has 1 aromatic carbocycles. The molecule has 0 aliphatic rings. The fourth-order valence-electron chi connectivity index (χ4n) is 1.40. The van der Waals surface area contributed by atoms with Crippen LogP contribution in [0, 0.1) is 13.8 Å². The number of benzene rings is 1. The van der Waals surface area contributed by atoms with Crippen LogP contribution >= 0.6 is 15.9 Å². The van der Waals surface area contributed by atoms with Gasteiger partial charge in [0.2, 0.25) is 0 Å². The molecule has 2 heteroatoms. The highest BCUT2D eigenvalue weighted by Gasteiger charge is 2.01. The molecule has 0 unspecified atom stereocenters. The Morgan fingerprint density at radius 1 is 1.00 bits per heavy atom. The summed E-state index contributed by atoms with van der Waals surface area (Å²) in [7, 11) is 0. The summed E-state index contributed by atoms with van der Waals surface area (Å²) in [5.41, 5.74) is 3.62. The monoisotopic (exact) mass is 295 g/mol. The Balaban J connectivity index is 0.000000581. The Labute approximate surface area is 113 Å². The van der Waals surface area contributed by atoms with Crippen LogP contribution in [0.1, 0.15) is 38.8 Å². The van der Waals surface area contributed by atoms with Crippen LogP contribution in [0.25, 0.3) is 10.9 Å². The molecule has 94 valence electrons. The van der Waals surface area contributed by atoms with Gasteiger partial charge in [0.15, 0.2) is 0 Å². The molecule has 0 saturated heterocycles. The van der Waals surface area contributed by atoms with Gasteiger partial charge < -0.3 is 0 Å². The molecule has 0 amide bonds. The van der Waals surface area contributed by atoms with Crippen molar-refractivity contribution in [2.75, 3.05) is 0 Å². The summed E-state index contributed by atoms with van der Waals surface area (Å²) in [6.45, 7) is 12.2. The van der Waals surface area contributed by atoms with Gasteiger partial charge in [0.05, 0.1) is 5.52 Å². The van der Waals surface area contributed by atoms with Crippen molar-refractivity contribution in [3.8, 4) is 0 Å². The fraction of sp³-hybridized carbons (Fsp3) is 0.400. The van der Waals surface area contributed by atoms with E-state index in [2.05, 4.69) is 46.9 Å². The second-order valence-corrected chi connectivity index (χ2v) is 4.14. The first-order valence-corrected chi connectivity index (χ1v) is 6.99. The van der Waals surface area contributed by atoms with Crippen LogP contribution in [0.5, 0.6) is 0 Å². The molecule has 0 aliphatic heterocycles. The van der Waals surface area contributed by atoms with Crippen molar-refractivity contribution in [2.24, 2.45) is 0 Å². The van der Waals surface area contributed by atoms with Gasteiger partial charge in [-0.3, -0.25) is 4.98 Å². The quantitative estimate of drug-likeness (QED) is 0.610. The zero-order chi connectivity index (χ0) is 13.4. The normalized spacial score (nSPS) is 8.88. The zero-order valence-electron chi connectivity index (χ0n) is 11.6. The maximum Gasteiger partial charge on any atom is 0.0716 e. The van der Waals surface area contributed by atoms with Crippen molar-refractivity contribution < 1.29 is 0 Å². The molecule has 0 aliphatic carbocycles. The van der Waals surface area contributed by atoms with Crippen molar-refractivity contribution in [1.82, 2.24) is 4.98 Å². The third-order valence-electron chi connectivity index (χ3n) is 2.35. The highest BCUT2D eigenvalue weighted by molar-refractivity contribution is 9.10. The molecular weight excluding hydrogens is 274 g/mol. The van der Waals surface area contributed by atoms with Gasteiger partial charge in [0.1, 0.15) is 0 Å². The van der Waals surface area contributed by atoms with E-state index in [9.17, 15) is 0 Å². The van der Waals surface area contributed by atoms with E-state index < -0.39 is 0 Å². The summed E-state index contributed by atoms with van der Waals surface area (Å²) in [6.07, 6.45) is 1.92. The van der Waals surface area contributed by atoms with Gasteiger partial charge in [-0.15, -0.1) is 0 Å². The summed E-state index contributed by atoms with van der Waals surface area (Å²) in [4.78, 5) is 4.37. The molecule has 0 atom stereocenters. The molecule has 0 N–H and O–H groups in total. The van der Waals surface area contributed by atoms with Crippen molar-refractivity contribution in [2.45, 2.75) is 41.5 Å². The minimum Gasteiger partial charge on any atom is -0.256 e. The first-order valence-electron chi connectivity index (χ1n) is 6.20. The van der Waals surface area contributed by atoms with Crippen molar-refractivity contribution >= 4 is 26.8 Å². The Morgan fingerprint density at radius 2 is 1.59 bits per heavy atom. The third kappa shape index (κ3) is 4.12. The van der Waals surface area contributed by atoms with Crippen LogP contribution in [0.4, 0.5) is 0 Å². The number of hydrogen-bond donors (Lipinski definition) is 0. The van der Waals surface area contributed by atoms with Gasteiger partial charge in [-0.1, -0.05) is 49.7 Å². The van der Waals surface area contributed by atoms with E-state index in [-0.39, 0.29) is 0 Å². The lowest BCUT2D eigenvalue weighted by molar-refractivity contribution is 1.28. The summed E-state index contributed by atoms with van der Waals surface area (Å²) in [5.74, 6) is 0. The highest BCUT2D eigenvalue weighted by atomic mass is 79.9. The topological polar surface area (TPSA) is 12.9 Å². The van der Waals surface area contributed by atoms with Gasteiger partial charge in [0.25, 0.3) is 0 Å². The van der Waals surface area contributed by atoms with Crippen LogP contribution < -0.4 is 0 Å². The van der Waals surface area contributed by atoms with Gasteiger partial charge in [-0.25, -0.2) is 0 Å². The summed E-state index contributed by atoms with van der Waals surface area (Å²) < 4.78 is 1.08. The van der Waals surface area contributed by atoms with E-state index in [1.807, 2.05) is 40.0 Å². The Kier molecular flexibility index (Phi) is 7.81. The molecule has 1 nitrogen and oxygen atoms in total. The van der Waals surface area contributed by atoms with Crippen LogP contribution in [0.3, 0.4) is 0 Å². The molecule has 0 fully saturated rings. The lowest BCUT2D eigenvalue weighted by Crippen LogP contribution is -1.86. The molecule has 0 radical (unpaired) electrons. The Morgan fingerprint density at radius 3 is 2.18 bits per heavy atom. The molecule has 1 heterocycles. The Bertz CT molecular complexity index is 464. The average molecular weight is 296 g/mol. The minimum atomic E-state index is 1.05. The molecule has 2 rings (SSSR count). The number of fused-ring (bicyclic) bond motifs is 1. The second kappa shape index (κ2) is 8.24. The van der Waals surface area contributed by atoms with E-state index in [0.717, 1.165) is 9.99 Å². The number of pyridine rings is 1. The number of halogens is 1. The van der Waals surface area contributed by atoms with E-state index in [4.69, 9.17) is 0 Å². The predicted molar refractivity (Wildman–Crippen MR) is 81.6 cm³/mol. The number of aryl methyl sites for hydroxylation is 2. The molecule has 2 aromatic rings. The predicted octanol–water partition coefficient (Wildman–Crippen LogP) is 5.67. The summed E-state index contributed by atoms with van der Waals surface area (Å²) in [5, 5.41) is 1.24. The van der Waals surface area contributed by atoms with E-state index in [1.54, 1.807) is 0 Å². The summed E-state index contributed by atoms with van der Waals surface area (Å²) >= 11 is 3.44. The number of aromatic nitrogens is 1. The molecular formula is C15H22BrN. The molecule has 0 saturated carbocycles. The first kappa shape index (κ1) is 16.1. The molecule has 17 heavy (non-hydrogen) atoms. The standard InChI is InChI=1S/C11H10BrN.2C2H6/c1-7-6-13-11-5-9(12)3-4-10(11)8(7)2;2*1-2/h3-6H,1-2H3;2*1-2H3. The smallest absolute Gasteiger partial charge is 0.0716 e. The average Bonchev–Trinajstić information content (AvgIpc) is 2.39. The zero-order valence-corrected chi connectivity index (χ0v) is 13.2. The van der Waals surface area contributed by atoms with Crippen molar-refractivity contribution in [1.29, 1.82) is 0 Å². The van der Waals surface area contributed by atoms with E-state index in [0.29, 0.717) is 0 Å². The third-order valence-corrected chi connectivity index (χ3v) is 2.85. The van der Waals surface area contributed by atoms with Crippen LogP contribution in [-0.2, 0) is 0 Å². The van der Waals surface area contributed by atoms with Gasteiger partial charge >= 0.3 is 0 Å². The second-order valence-electron chi connectivity index (χ2n) is 3.23. The Hall–Kier alpha value is -0.890. The van der Waals surface area contributed by atoms with Gasteiger partial charge in [0, 0.05) is 16.1 Å². The lowest BCUT2D eigenvalue weighted by Gasteiger charge is -2.04. The van der Waals surface area contributed by atoms with Gasteiger partial charge in [-0.05, 0) is 37.1 Å². The number of nitrogens with zero attached hydrogens (tertiary/aromatic N) is 1. The number of hydrogen-bond acceptors (Lipinski definition) is 1. The van der Waals surface area contributed by atoms with Crippen LogP contribution in [-0.4, -0.2) is 4.98 Å². The number of rotatable bonds is 0. The molecule has 1 aromatic heterocycles. The largest absolute Gasteiger partial charge is 0.256 e. The lowest BCUT2D eigenvalue weighted by atomic mass is 10.1. The molecule has 0 bridgehead atoms. The van der Waals surface area contributed by atoms with Crippen LogP contribution in [0.15, 0.2) is 28.9 Å². The van der Waals surface area contributed by atoms with E-state index >= 15 is 0 Å². The van der Waals surface area contributed by atoms with Crippen molar-refractivity contribution in [3.63, 3.8) is 0 Å². The van der Waals surface area contributed by atoms with Crippen molar-refractivity contribution in [3.05, 3.63) is 40.0 Å². The summed E-state index contributed by atoms with van der Waals surface area (Å²) in [6, 6.07) is 6.20. The van der Waals surface area contributed by atoms with E-state index in [1.165, 1.54) is 16.5 Å². The molecule has 0 spiro atoms. The SMILES string of the molecule is CC.CC.Cc1cnc2cc(Br)ccc2c1C. The maximum absolute atomic E-state index is 4.37. The van der Waals surface area contributed by atoms with Gasteiger partial charge in [-0.2, -0.15) is 0 Å². The first-order chi connectivity index (χ1) is 8.18. The van der Waals surface area contributed by atoms with Crippen LogP contribution in [0.2, 0.25) is 0 Å². The fourth-order valence-corrected chi connectivity index (χ4v) is 1.75. The minimum absolute atomic E-state index is 1.05.